The molecule has 1 fully saturated rings. The molecular weight excluding hydrogens is 188 g/mol. The molecule has 1 aliphatic carbocycles. The van der Waals surface area contributed by atoms with E-state index in [1.54, 1.807) is 0 Å². The van der Waals surface area contributed by atoms with Crippen molar-refractivity contribution in [1.82, 2.24) is 9.88 Å². The molecular formula is C12H20N2O. The summed E-state index contributed by atoms with van der Waals surface area (Å²) in [6.45, 7) is 3.45. The molecule has 1 atom stereocenters. The van der Waals surface area contributed by atoms with Gasteiger partial charge in [-0.1, -0.05) is 0 Å². The lowest BCUT2D eigenvalue weighted by Crippen LogP contribution is -2.17. The Morgan fingerprint density at radius 1 is 1.60 bits per heavy atom. The van der Waals surface area contributed by atoms with Crippen molar-refractivity contribution in [2.45, 2.75) is 32.5 Å². The summed E-state index contributed by atoms with van der Waals surface area (Å²) in [4.78, 5) is 0. The summed E-state index contributed by atoms with van der Waals surface area (Å²) in [5.74, 6) is 0.845. The van der Waals surface area contributed by atoms with E-state index < -0.39 is 0 Å². The quantitative estimate of drug-likeness (QED) is 0.775. The normalized spacial score (nSPS) is 18.0. The van der Waals surface area contributed by atoms with Gasteiger partial charge in [0, 0.05) is 25.0 Å². The van der Waals surface area contributed by atoms with Gasteiger partial charge >= 0.3 is 0 Å². The lowest BCUT2D eigenvalue weighted by atomic mass is 10.1. The number of ether oxygens (including phenoxy) is 1. The van der Waals surface area contributed by atoms with Gasteiger partial charge in [-0.05, 0) is 44.4 Å². The summed E-state index contributed by atoms with van der Waals surface area (Å²) in [7, 11) is 2.04. The van der Waals surface area contributed by atoms with E-state index in [0.717, 1.165) is 12.5 Å². The molecule has 1 aromatic heterocycles. The number of nitrogens with zero attached hydrogens (tertiary/aromatic N) is 1. The van der Waals surface area contributed by atoms with Crippen LogP contribution in [0.15, 0.2) is 18.5 Å². The van der Waals surface area contributed by atoms with Crippen molar-refractivity contribution in [3.8, 4) is 0 Å². The van der Waals surface area contributed by atoms with Gasteiger partial charge in [0.1, 0.15) is 6.73 Å². The molecule has 3 heteroatoms. The van der Waals surface area contributed by atoms with Gasteiger partial charge in [-0.3, -0.25) is 0 Å². The van der Waals surface area contributed by atoms with Crippen LogP contribution in [0.25, 0.3) is 0 Å². The second-order valence-corrected chi connectivity index (χ2v) is 4.18. The number of rotatable bonds is 6. The largest absolute Gasteiger partial charge is 0.361 e. The van der Waals surface area contributed by atoms with E-state index in [-0.39, 0.29) is 0 Å². The number of aromatic nitrogens is 1. The standard InChI is InChI=1S/C12H20N2O/c1-3-15-9-14-7-6-11(8-14)12(13-2)10-4-5-10/h6-8,10,12-13H,3-5,9H2,1-2H3. The molecule has 0 radical (unpaired) electrons. The fourth-order valence-electron chi connectivity index (χ4n) is 2.02. The van der Waals surface area contributed by atoms with Gasteiger partial charge in [-0.25, -0.2) is 0 Å². The number of hydrogen-bond acceptors (Lipinski definition) is 2. The van der Waals surface area contributed by atoms with Gasteiger partial charge in [0.2, 0.25) is 0 Å². The summed E-state index contributed by atoms with van der Waals surface area (Å²) in [5, 5.41) is 3.40. The Bertz CT molecular complexity index is 304. The average Bonchev–Trinajstić information content (AvgIpc) is 2.96. The third-order valence-electron chi connectivity index (χ3n) is 2.98. The Morgan fingerprint density at radius 3 is 3.00 bits per heavy atom. The Hall–Kier alpha value is -0.800. The van der Waals surface area contributed by atoms with E-state index in [9.17, 15) is 0 Å². The van der Waals surface area contributed by atoms with Crippen LogP contribution in [-0.2, 0) is 11.5 Å². The predicted octanol–water partition coefficient (Wildman–Crippen LogP) is 2.15. The lowest BCUT2D eigenvalue weighted by Gasteiger charge is -2.13. The Labute approximate surface area is 91.4 Å². The monoisotopic (exact) mass is 208 g/mol. The van der Waals surface area contributed by atoms with Gasteiger partial charge in [-0.15, -0.1) is 0 Å². The zero-order valence-electron chi connectivity index (χ0n) is 9.57. The van der Waals surface area contributed by atoms with E-state index >= 15 is 0 Å². The van der Waals surface area contributed by atoms with Crippen molar-refractivity contribution in [3.63, 3.8) is 0 Å². The molecule has 1 unspecified atom stereocenters. The van der Waals surface area contributed by atoms with Crippen molar-refractivity contribution in [2.75, 3.05) is 13.7 Å². The zero-order chi connectivity index (χ0) is 10.7. The molecule has 1 N–H and O–H groups in total. The summed E-state index contributed by atoms with van der Waals surface area (Å²) < 4.78 is 7.47. The molecule has 84 valence electrons. The minimum atomic E-state index is 0.535. The number of nitrogens with one attached hydrogen (secondary N) is 1. The molecule has 1 aliphatic rings. The van der Waals surface area contributed by atoms with Gasteiger partial charge in [0.15, 0.2) is 0 Å². The molecule has 1 saturated carbocycles. The van der Waals surface area contributed by atoms with Crippen LogP contribution < -0.4 is 5.32 Å². The Balaban J connectivity index is 1.98. The fourth-order valence-corrected chi connectivity index (χ4v) is 2.02. The van der Waals surface area contributed by atoms with Crippen molar-refractivity contribution in [3.05, 3.63) is 24.0 Å². The molecule has 2 rings (SSSR count). The van der Waals surface area contributed by atoms with E-state index in [1.165, 1.54) is 18.4 Å². The predicted molar refractivity (Wildman–Crippen MR) is 60.6 cm³/mol. The van der Waals surface area contributed by atoms with Crippen LogP contribution in [0.5, 0.6) is 0 Å². The van der Waals surface area contributed by atoms with Crippen LogP contribution in [0.3, 0.4) is 0 Å². The maximum absolute atomic E-state index is 5.36. The average molecular weight is 208 g/mol. The molecule has 0 amide bonds. The van der Waals surface area contributed by atoms with Crippen molar-refractivity contribution < 1.29 is 4.74 Å². The molecule has 0 saturated heterocycles. The van der Waals surface area contributed by atoms with Gasteiger partial charge in [0.25, 0.3) is 0 Å². The van der Waals surface area contributed by atoms with Crippen molar-refractivity contribution >= 4 is 0 Å². The molecule has 0 aromatic carbocycles. The first-order valence-corrected chi connectivity index (χ1v) is 5.75. The molecule has 15 heavy (non-hydrogen) atoms. The third kappa shape index (κ3) is 2.61. The van der Waals surface area contributed by atoms with Gasteiger partial charge in [-0.2, -0.15) is 0 Å². The van der Waals surface area contributed by atoms with Crippen LogP contribution >= 0.6 is 0 Å². The van der Waals surface area contributed by atoms with Crippen LogP contribution in [0.2, 0.25) is 0 Å². The maximum Gasteiger partial charge on any atom is 0.122 e. The minimum Gasteiger partial charge on any atom is -0.361 e. The summed E-state index contributed by atoms with van der Waals surface area (Å²) in [5.41, 5.74) is 1.39. The Morgan fingerprint density at radius 2 is 2.40 bits per heavy atom. The van der Waals surface area contributed by atoms with Crippen LogP contribution in [0, 0.1) is 5.92 Å². The molecule has 0 spiro atoms. The molecule has 3 nitrogen and oxygen atoms in total. The lowest BCUT2D eigenvalue weighted by molar-refractivity contribution is 0.0880. The summed E-state index contributed by atoms with van der Waals surface area (Å²) >= 11 is 0. The highest BCUT2D eigenvalue weighted by molar-refractivity contribution is 5.18. The van der Waals surface area contributed by atoms with Gasteiger partial charge < -0.3 is 14.6 Å². The molecule has 1 aromatic rings. The second kappa shape index (κ2) is 4.81. The number of hydrogen-bond donors (Lipinski definition) is 1. The van der Waals surface area contributed by atoms with Crippen LogP contribution in [-0.4, -0.2) is 18.2 Å². The van der Waals surface area contributed by atoms with Crippen molar-refractivity contribution in [2.24, 2.45) is 5.92 Å². The summed E-state index contributed by atoms with van der Waals surface area (Å²) in [6.07, 6.45) is 7.01. The molecule has 0 bridgehead atoms. The van der Waals surface area contributed by atoms with E-state index in [2.05, 4.69) is 28.3 Å². The second-order valence-electron chi connectivity index (χ2n) is 4.18. The van der Waals surface area contributed by atoms with E-state index in [0.29, 0.717) is 12.8 Å². The SMILES string of the molecule is CCOCn1ccc(C(NC)C2CC2)c1. The summed E-state index contributed by atoms with van der Waals surface area (Å²) in [6, 6.07) is 2.73. The highest BCUT2D eigenvalue weighted by atomic mass is 16.5. The minimum absolute atomic E-state index is 0.535. The topological polar surface area (TPSA) is 26.2 Å². The van der Waals surface area contributed by atoms with E-state index in [1.807, 2.05) is 14.0 Å². The van der Waals surface area contributed by atoms with Gasteiger partial charge in [0.05, 0.1) is 0 Å². The highest BCUT2D eigenvalue weighted by Crippen LogP contribution is 2.40. The third-order valence-corrected chi connectivity index (χ3v) is 2.98. The first-order valence-electron chi connectivity index (χ1n) is 5.75. The van der Waals surface area contributed by atoms with Crippen LogP contribution in [0.1, 0.15) is 31.4 Å². The first kappa shape index (κ1) is 10.7. The molecule has 0 aliphatic heterocycles. The van der Waals surface area contributed by atoms with Crippen LogP contribution in [0.4, 0.5) is 0 Å². The Kier molecular flexibility index (Phi) is 3.44. The maximum atomic E-state index is 5.36. The fraction of sp³-hybridized carbons (Fsp3) is 0.667. The highest BCUT2D eigenvalue weighted by Gasteiger charge is 2.31. The smallest absolute Gasteiger partial charge is 0.122 e. The van der Waals surface area contributed by atoms with Crippen molar-refractivity contribution in [1.29, 1.82) is 0 Å². The first-order chi connectivity index (χ1) is 7.35. The zero-order valence-corrected chi connectivity index (χ0v) is 9.57. The van der Waals surface area contributed by atoms with E-state index in [4.69, 9.17) is 4.74 Å². The molecule has 1 heterocycles.